The lowest BCUT2D eigenvalue weighted by molar-refractivity contribution is -0.00502. The van der Waals surface area contributed by atoms with E-state index < -0.39 is 0 Å². The van der Waals surface area contributed by atoms with Gasteiger partial charge in [0, 0.05) is 20.2 Å². The number of hydrogen-bond acceptors (Lipinski definition) is 6. The molecule has 106 valence electrons. The van der Waals surface area contributed by atoms with E-state index in [0.29, 0.717) is 12.6 Å². The third-order valence-corrected chi connectivity index (χ3v) is 3.45. The summed E-state index contributed by atoms with van der Waals surface area (Å²) in [5.74, 6) is 0.548. The Bertz CT molecular complexity index is 446. The Morgan fingerprint density at radius 2 is 2.16 bits per heavy atom. The maximum Gasteiger partial charge on any atom is 0.322 e. The van der Waals surface area contributed by atoms with Gasteiger partial charge in [0.2, 0.25) is 11.2 Å². The van der Waals surface area contributed by atoms with E-state index in [2.05, 4.69) is 26.8 Å². The summed E-state index contributed by atoms with van der Waals surface area (Å²) in [5.41, 5.74) is -0.177. The number of anilines is 1. The highest BCUT2D eigenvalue weighted by Gasteiger charge is 2.32. The summed E-state index contributed by atoms with van der Waals surface area (Å²) in [6.07, 6.45) is 2.05. The van der Waals surface area contributed by atoms with Crippen LogP contribution in [-0.4, -0.2) is 47.4 Å². The molecule has 1 aromatic heterocycles. The van der Waals surface area contributed by atoms with Crippen molar-refractivity contribution in [2.24, 2.45) is 0 Å². The number of rotatable bonds is 4. The van der Waals surface area contributed by atoms with Crippen molar-refractivity contribution >= 4 is 17.5 Å². The Balaban J connectivity index is 2.21. The van der Waals surface area contributed by atoms with Gasteiger partial charge >= 0.3 is 6.01 Å². The number of nitrogens with zero attached hydrogens (tertiary/aromatic N) is 4. The van der Waals surface area contributed by atoms with E-state index in [1.165, 1.54) is 0 Å². The molecule has 1 saturated heterocycles. The zero-order valence-electron chi connectivity index (χ0n) is 11.5. The molecule has 2 rings (SSSR count). The maximum absolute atomic E-state index is 5.91. The molecule has 2 heterocycles. The second kappa shape index (κ2) is 5.88. The van der Waals surface area contributed by atoms with Crippen LogP contribution in [0.15, 0.2) is 0 Å². The largest absolute Gasteiger partial charge is 0.464 e. The third kappa shape index (κ3) is 3.45. The molecule has 7 heteroatoms. The average Bonchev–Trinajstić information content (AvgIpc) is 2.38. The molecular formula is C12H19ClN4O2. The van der Waals surface area contributed by atoms with Crippen molar-refractivity contribution in [3.8, 4) is 6.01 Å². The smallest absolute Gasteiger partial charge is 0.322 e. The molecular weight excluding hydrogens is 268 g/mol. The van der Waals surface area contributed by atoms with Crippen molar-refractivity contribution in [3.05, 3.63) is 5.28 Å². The Labute approximate surface area is 118 Å². The van der Waals surface area contributed by atoms with Crippen LogP contribution < -0.4 is 9.64 Å². The number of piperidine rings is 1. The number of ether oxygens (including phenoxy) is 2. The molecule has 0 spiro atoms. The molecule has 0 saturated carbocycles. The first kappa shape index (κ1) is 14.3. The summed E-state index contributed by atoms with van der Waals surface area (Å²) in [4.78, 5) is 14.5. The molecule has 0 bridgehead atoms. The van der Waals surface area contributed by atoms with Crippen LogP contribution in [-0.2, 0) is 4.74 Å². The standard InChI is InChI=1S/C12H19ClN4O2/c1-4-19-11-15-9(13)14-10(16-11)17-7-5-6-12(2,8-17)18-3/h4-8H2,1-3H3. The maximum atomic E-state index is 5.91. The Hall–Kier alpha value is -1.14. The minimum absolute atomic E-state index is 0.151. The highest BCUT2D eigenvalue weighted by molar-refractivity contribution is 6.28. The van der Waals surface area contributed by atoms with Gasteiger partial charge in [-0.05, 0) is 38.3 Å². The highest BCUT2D eigenvalue weighted by atomic mass is 35.5. The van der Waals surface area contributed by atoms with E-state index >= 15 is 0 Å². The van der Waals surface area contributed by atoms with E-state index in [1.807, 2.05) is 6.92 Å². The van der Waals surface area contributed by atoms with E-state index in [4.69, 9.17) is 21.1 Å². The van der Waals surface area contributed by atoms with E-state index in [0.717, 1.165) is 25.9 Å². The fourth-order valence-corrected chi connectivity index (χ4v) is 2.35. The van der Waals surface area contributed by atoms with Crippen LogP contribution in [0.2, 0.25) is 5.28 Å². The summed E-state index contributed by atoms with van der Waals surface area (Å²) in [5, 5.41) is 0.151. The first-order valence-corrected chi connectivity index (χ1v) is 6.78. The monoisotopic (exact) mass is 286 g/mol. The molecule has 19 heavy (non-hydrogen) atoms. The SMILES string of the molecule is CCOc1nc(Cl)nc(N2CCCC(C)(OC)C2)n1. The Morgan fingerprint density at radius 1 is 1.37 bits per heavy atom. The average molecular weight is 287 g/mol. The summed E-state index contributed by atoms with van der Waals surface area (Å²) >= 11 is 5.91. The number of methoxy groups -OCH3 is 1. The van der Waals surface area contributed by atoms with Crippen LogP contribution in [0.5, 0.6) is 6.01 Å². The zero-order valence-corrected chi connectivity index (χ0v) is 12.3. The van der Waals surface area contributed by atoms with Crippen LogP contribution in [0.1, 0.15) is 26.7 Å². The summed E-state index contributed by atoms with van der Waals surface area (Å²) in [6.45, 7) is 6.07. The predicted octanol–water partition coefficient (Wildman–Crippen LogP) is 1.93. The third-order valence-electron chi connectivity index (χ3n) is 3.28. The van der Waals surface area contributed by atoms with Gasteiger partial charge in [-0.15, -0.1) is 0 Å². The molecule has 0 amide bonds. The van der Waals surface area contributed by atoms with Gasteiger partial charge in [0.1, 0.15) is 0 Å². The van der Waals surface area contributed by atoms with Crippen molar-refractivity contribution < 1.29 is 9.47 Å². The molecule has 1 aliphatic rings. The van der Waals surface area contributed by atoms with Crippen molar-refractivity contribution in [2.45, 2.75) is 32.3 Å². The normalized spacial score (nSPS) is 23.5. The van der Waals surface area contributed by atoms with Gasteiger partial charge in [-0.3, -0.25) is 0 Å². The van der Waals surface area contributed by atoms with Gasteiger partial charge in [-0.25, -0.2) is 0 Å². The number of aromatic nitrogens is 3. The Morgan fingerprint density at radius 3 is 2.84 bits per heavy atom. The van der Waals surface area contributed by atoms with Crippen LogP contribution in [0.3, 0.4) is 0 Å². The topological polar surface area (TPSA) is 60.4 Å². The molecule has 0 N–H and O–H groups in total. The van der Waals surface area contributed by atoms with Crippen LogP contribution in [0.25, 0.3) is 0 Å². The van der Waals surface area contributed by atoms with E-state index in [1.54, 1.807) is 7.11 Å². The van der Waals surface area contributed by atoms with E-state index in [-0.39, 0.29) is 16.9 Å². The van der Waals surface area contributed by atoms with Crippen LogP contribution in [0.4, 0.5) is 5.95 Å². The van der Waals surface area contributed by atoms with Gasteiger partial charge in [0.15, 0.2) is 0 Å². The van der Waals surface area contributed by atoms with Crippen LogP contribution in [0, 0.1) is 0 Å². The predicted molar refractivity (Wildman–Crippen MR) is 72.9 cm³/mol. The van der Waals surface area contributed by atoms with Gasteiger partial charge in [-0.1, -0.05) is 0 Å². The van der Waals surface area contributed by atoms with Crippen molar-refractivity contribution in [1.29, 1.82) is 0 Å². The highest BCUT2D eigenvalue weighted by Crippen LogP contribution is 2.27. The lowest BCUT2D eigenvalue weighted by Crippen LogP contribution is -2.48. The molecule has 6 nitrogen and oxygen atoms in total. The minimum Gasteiger partial charge on any atom is -0.464 e. The second-order valence-electron chi connectivity index (χ2n) is 4.80. The van der Waals surface area contributed by atoms with Crippen molar-refractivity contribution in [1.82, 2.24) is 15.0 Å². The number of halogens is 1. The van der Waals surface area contributed by atoms with Gasteiger partial charge in [0.05, 0.1) is 12.2 Å². The van der Waals surface area contributed by atoms with Gasteiger partial charge in [0.25, 0.3) is 0 Å². The Kier molecular flexibility index (Phi) is 4.42. The minimum atomic E-state index is -0.177. The summed E-state index contributed by atoms with van der Waals surface area (Å²) in [6, 6.07) is 0.266. The molecule has 1 fully saturated rings. The number of hydrogen-bond donors (Lipinski definition) is 0. The lowest BCUT2D eigenvalue weighted by Gasteiger charge is -2.39. The van der Waals surface area contributed by atoms with Crippen LogP contribution >= 0.6 is 11.6 Å². The zero-order chi connectivity index (χ0) is 13.9. The lowest BCUT2D eigenvalue weighted by atomic mass is 9.95. The first-order valence-electron chi connectivity index (χ1n) is 6.41. The molecule has 1 atom stereocenters. The molecule has 0 radical (unpaired) electrons. The van der Waals surface area contributed by atoms with Crippen molar-refractivity contribution in [2.75, 3.05) is 31.7 Å². The fourth-order valence-electron chi connectivity index (χ4n) is 2.20. The molecule has 0 aromatic carbocycles. The quantitative estimate of drug-likeness (QED) is 0.843. The van der Waals surface area contributed by atoms with Crippen molar-refractivity contribution in [3.63, 3.8) is 0 Å². The summed E-state index contributed by atoms with van der Waals surface area (Å²) < 4.78 is 10.9. The molecule has 1 unspecified atom stereocenters. The summed E-state index contributed by atoms with van der Waals surface area (Å²) in [7, 11) is 1.73. The fraction of sp³-hybridized carbons (Fsp3) is 0.750. The van der Waals surface area contributed by atoms with E-state index in [9.17, 15) is 0 Å². The van der Waals surface area contributed by atoms with Gasteiger partial charge in [-0.2, -0.15) is 15.0 Å². The molecule has 1 aromatic rings. The molecule has 1 aliphatic heterocycles. The van der Waals surface area contributed by atoms with Gasteiger partial charge < -0.3 is 14.4 Å². The first-order chi connectivity index (χ1) is 9.06. The molecule has 0 aliphatic carbocycles. The second-order valence-corrected chi connectivity index (χ2v) is 5.14.